The Kier molecular flexibility index (Phi) is 5.16. The largest absolute Gasteiger partial charge is 0.401 e. The third kappa shape index (κ3) is 4.70. The van der Waals surface area contributed by atoms with Crippen LogP contribution < -0.4 is 5.32 Å². The Morgan fingerprint density at radius 2 is 1.88 bits per heavy atom. The van der Waals surface area contributed by atoms with Crippen LogP contribution in [0.3, 0.4) is 0 Å². The minimum absolute atomic E-state index is 0.151. The Labute approximate surface area is 140 Å². The van der Waals surface area contributed by atoms with Gasteiger partial charge in [-0.25, -0.2) is 4.39 Å². The average molecular weight is 344 g/mol. The molecule has 0 radical (unpaired) electrons. The molecule has 1 aliphatic heterocycles. The predicted molar refractivity (Wildman–Crippen MR) is 85.3 cm³/mol. The first-order valence-electron chi connectivity index (χ1n) is 8.63. The van der Waals surface area contributed by atoms with Crippen LogP contribution in [0.25, 0.3) is 0 Å². The fourth-order valence-corrected chi connectivity index (χ4v) is 3.81. The highest BCUT2D eigenvalue weighted by molar-refractivity contribution is 5.22. The molecule has 3 rings (SSSR count). The number of piperidine rings is 1. The van der Waals surface area contributed by atoms with Gasteiger partial charge >= 0.3 is 6.18 Å². The van der Waals surface area contributed by atoms with Crippen molar-refractivity contribution in [3.8, 4) is 0 Å². The van der Waals surface area contributed by atoms with Crippen molar-refractivity contribution in [1.29, 1.82) is 0 Å². The van der Waals surface area contributed by atoms with Crippen LogP contribution >= 0.6 is 0 Å². The van der Waals surface area contributed by atoms with Crippen LogP contribution in [0, 0.1) is 11.7 Å². The van der Waals surface area contributed by atoms with E-state index < -0.39 is 12.7 Å². The summed E-state index contributed by atoms with van der Waals surface area (Å²) in [7, 11) is 0. The quantitative estimate of drug-likeness (QED) is 0.791. The van der Waals surface area contributed by atoms with Crippen LogP contribution in [-0.4, -0.2) is 42.8 Å². The lowest BCUT2D eigenvalue weighted by molar-refractivity contribution is -0.125. The summed E-state index contributed by atoms with van der Waals surface area (Å²) in [6, 6.07) is 6.78. The molecule has 24 heavy (non-hydrogen) atoms. The van der Waals surface area contributed by atoms with Gasteiger partial charge in [0.1, 0.15) is 5.82 Å². The molecule has 1 heterocycles. The molecule has 0 spiro atoms. The molecule has 1 aromatic rings. The van der Waals surface area contributed by atoms with Crippen molar-refractivity contribution < 1.29 is 17.6 Å². The lowest BCUT2D eigenvalue weighted by atomic mass is 9.93. The Morgan fingerprint density at radius 3 is 2.46 bits per heavy atom. The molecule has 2 fully saturated rings. The molecule has 1 aromatic carbocycles. The molecule has 2 aliphatic rings. The Hall–Kier alpha value is -1.14. The van der Waals surface area contributed by atoms with E-state index in [1.165, 1.54) is 6.07 Å². The molecule has 1 aliphatic carbocycles. The second-order valence-corrected chi connectivity index (χ2v) is 7.21. The van der Waals surface area contributed by atoms with E-state index in [-0.39, 0.29) is 11.4 Å². The standard InChI is InChI=1S/C18H24F4N2/c19-16-3-1-2-15(10-16)11-17(6-7-17)24-8-4-14(5-9-24)12-23-13-18(20,21)22/h1-3,10,14,23H,4-9,11-13H2. The summed E-state index contributed by atoms with van der Waals surface area (Å²) in [5.41, 5.74) is 1.18. The number of hydrogen-bond donors (Lipinski definition) is 1. The molecule has 0 unspecified atom stereocenters. The number of rotatable bonds is 6. The maximum absolute atomic E-state index is 13.4. The number of hydrogen-bond acceptors (Lipinski definition) is 2. The fraction of sp³-hybridized carbons (Fsp3) is 0.667. The van der Waals surface area contributed by atoms with Crippen molar-refractivity contribution in [3.05, 3.63) is 35.6 Å². The molecule has 0 atom stereocenters. The van der Waals surface area contributed by atoms with E-state index in [4.69, 9.17) is 0 Å². The zero-order chi connectivity index (χ0) is 17.2. The van der Waals surface area contributed by atoms with Gasteiger partial charge in [-0.15, -0.1) is 0 Å². The zero-order valence-electron chi connectivity index (χ0n) is 13.7. The van der Waals surface area contributed by atoms with E-state index in [2.05, 4.69) is 10.2 Å². The molecule has 0 aromatic heterocycles. The van der Waals surface area contributed by atoms with Gasteiger partial charge in [-0.05, 0) is 75.4 Å². The van der Waals surface area contributed by atoms with Crippen LogP contribution in [0.5, 0.6) is 0 Å². The lowest BCUT2D eigenvalue weighted by Gasteiger charge is -2.38. The third-order valence-electron chi connectivity index (χ3n) is 5.29. The van der Waals surface area contributed by atoms with Crippen LogP contribution in [0.4, 0.5) is 17.6 Å². The molecule has 134 valence electrons. The molecule has 1 saturated heterocycles. The molecule has 2 nitrogen and oxygen atoms in total. The summed E-state index contributed by atoms with van der Waals surface area (Å²) in [6.07, 6.45) is 0.831. The van der Waals surface area contributed by atoms with Gasteiger partial charge in [0.2, 0.25) is 0 Å². The second-order valence-electron chi connectivity index (χ2n) is 7.21. The van der Waals surface area contributed by atoms with Crippen molar-refractivity contribution >= 4 is 0 Å². The molecule has 6 heteroatoms. The number of likely N-dealkylation sites (tertiary alicyclic amines) is 1. The van der Waals surface area contributed by atoms with Gasteiger partial charge in [-0.1, -0.05) is 12.1 Å². The van der Waals surface area contributed by atoms with Crippen LogP contribution in [0.15, 0.2) is 24.3 Å². The van der Waals surface area contributed by atoms with Gasteiger partial charge in [-0.2, -0.15) is 13.2 Å². The van der Waals surface area contributed by atoms with Crippen molar-refractivity contribution in [2.75, 3.05) is 26.2 Å². The number of alkyl halides is 3. The Bertz CT molecular complexity index is 546. The van der Waals surface area contributed by atoms with Gasteiger partial charge in [0.05, 0.1) is 6.54 Å². The summed E-state index contributed by atoms with van der Waals surface area (Å²) in [5, 5.41) is 2.53. The van der Waals surface area contributed by atoms with Crippen molar-refractivity contribution in [1.82, 2.24) is 10.2 Å². The highest BCUT2D eigenvalue weighted by Crippen LogP contribution is 2.46. The van der Waals surface area contributed by atoms with Crippen LogP contribution in [0.1, 0.15) is 31.2 Å². The lowest BCUT2D eigenvalue weighted by Crippen LogP contribution is -2.46. The summed E-state index contributed by atoms with van der Waals surface area (Å²) in [4.78, 5) is 2.47. The molecular weight excluding hydrogens is 320 g/mol. The topological polar surface area (TPSA) is 15.3 Å². The smallest absolute Gasteiger partial charge is 0.308 e. The van der Waals surface area contributed by atoms with Crippen molar-refractivity contribution in [3.63, 3.8) is 0 Å². The summed E-state index contributed by atoms with van der Waals surface area (Å²) >= 11 is 0. The minimum atomic E-state index is -4.14. The second kappa shape index (κ2) is 7.00. The monoisotopic (exact) mass is 344 g/mol. The van der Waals surface area contributed by atoms with Crippen LogP contribution in [0.2, 0.25) is 0 Å². The SMILES string of the molecule is Fc1cccc(CC2(N3CCC(CNCC(F)(F)F)CC3)CC2)c1. The number of halogens is 4. The first kappa shape index (κ1) is 17.7. The van der Waals surface area contributed by atoms with E-state index in [0.29, 0.717) is 12.5 Å². The maximum atomic E-state index is 13.4. The van der Waals surface area contributed by atoms with E-state index in [0.717, 1.165) is 50.8 Å². The number of nitrogens with zero attached hydrogens (tertiary/aromatic N) is 1. The summed E-state index contributed by atoms with van der Waals surface area (Å²) < 4.78 is 49.9. The maximum Gasteiger partial charge on any atom is 0.401 e. The summed E-state index contributed by atoms with van der Waals surface area (Å²) in [6.45, 7) is 1.38. The van der Waals surface area contributed by atoms with Crippen molar-refractivity contribution in [2.45, 2.75) is 43.8 Å². The summed E-state index contributed by atoms with van der Waals surface area (Å²) in [5.74, 6) is 0.117. The number of nitrogens with one attached hydrogen (secondary N) is 1. The van der Waals surface area contributed by atoms with E-state index in [9.17, 15) is 17.6 Å². The van der Waals surface area contributed by atoms with Gasteiger partial charge in [-0.3, -0.25) is 4.90 Å². The molecule has 0 amide bonds. The van der Waals surface area contributed by atoms with Gasteiger partial charge < -0.3 is 5.32 Å². The average Bonchev–Trinajstić information content (AvgIpc) is 3.27. The van der Waals surface area contributed by atoms with Crippen LogP contribution in [-0.2, 0) is 6.42 Å². The highest BCUT2D eigenvalue weighted by Gasteiger charge is 2.48. The van der Waals surface area contributed by atoms with Gasteiger partial charge in [0.15, 0.2) is 0 Å². The van der Waals surface area contributed by atoms with E-state index in [1.807, 2.05) is 6.07 Å². The normalized spacial score (nSPS) is 21.8. The minimum Gasteiger partial charge on any atom is -0.308 e. The zero-order valence-corrected chi connectivity index (χ0v) is 13.7. The number of benzene rings is 1. The van der Waals surface area contributed by atoms with E-state index in [1.54, 1.807) is 12.1 Å². The molecule has 1 saturated carbocycles. The predicted octanol–water partition coefficient (Wildman–Crippen LogP) is 3.76. The molecule has 1 N–H and O–H groups in total. The van der Waals surface area contributed by atoms with E-state index >= 15 is 0 Å². The highest BCUT2D eigenvalue weighted by atomic mass is 19.4. The Morgan fingerprint density at radius 1 is 1.17 bits per heavy atom. The van der Waals surface area contributed by atoms with Gasteiger partial charge in [0, 0.05) is 5.54 Å². The molecule has 0 bridgehead atoms. The molecular formula is C18H24F4N2. The third-order valence-corrected chi connectivity index (χ3v) is 5.29. The fourth-order valence-electron chi connectivity index (χ4n) is 3.81. The first-order chi connectivity index (χ1) is 11.4. The van der Waals surface area contributed by atoms with Gasteiger partial charge in [0.25, 0.3) is 0 Å². The Balaban J connectivity index is 1.46. The first-order valence-corrected chi connectivity index (χ1v) is 8.63. The van der Waals surface area contributed by atoms with Crippen molar-refractivity contribution in [2.24, 2.45) is 5.92 Å².